The van der Waals surface area contributed by atoms with Gasteiger partial charge in [-0.15, -0.1) is 0 Å². The second-order valence-corrected chi connectivity index (χ2v) is 14.5. The predicted molar refractivity (Wildman–Crippen MR) is 185 cm³/mol. The predicted octanol–water partition coefficient (Wildman–Crippen LogP) is 6.44. The van der Waals surface area contributed by atoms with Crippen molar-refractivity contribution in [1.82, 2.24) is 24.6 Å². The number of carbonyl (C=O) groups excluding carboxylic acids is 1. The van der Waals surface area contributed by atoms with Crippen molar-refractivity contribution in [3.05, 3.63) is 95.6 Å². The molecule has 0 atom stereocenters. The molecule has 0 bridgehead atoms. The zero-order valence-corrected chi connectivity index (χ0v) is 28.2. The monoisotopic (exact) mass is 716 g/mol. The molecule has 1 saturated heterocycles. The fraction of sp³-hybridized carbons (Fsp3) is 0.194. The molecule has 51 heavy (non-hydrogen) atoms. The number of hydrogen-bond acceptors (Lipinski definition) is 7. The lowest BCUT2D eigenvalue weighted by Crippen LogP contribution is -2.47. The van der Waals surface area contributed by atoms with E-state index in [0.717, 1.165) is 22.7 Å². The zero-order chi connectivity index (χ0) is 35.9. The van der Waals surface area contributed by atoms with Crippen molar-refractivity contribution in [1.29, 1.82) is 0 Å². The number of furan rings is 1. The lowest BCUT2D eigenvalue weighted by atomic mass is 10.0. The number of halogens is 4. The van der Waals surface area contributed by atoms with Gasteiger partial charge in [-0.05, 0) is 48.5 Å². The highest BCUT2D eigenvalue weighted by Crippen LogP contribution is 2.42. The number of aromatic nitrogens is 3. The third-order valence-electron chi connectivity index (χ3n) is 9.24. The normalized spacial score (nSPS) is 14.2. The summed E-state index contributed by atoms with van der Waals surface area (Å²) in [5.74, 6) is -2.48. The average Bonchev–Trinajstić information content (AvgIpc) is 3.66. The minimum atomic E-state index is -3.87. The molecule has 4 aromatic heterocycles. The van der Waals surface area contributed by atoms with E-state index in [1.54, 1.807) is 34.7 Å². The quantitative estimate of drug-likeness (QED) is 0.189. The Kier molecular flexibility index (Phi) is 7.54. The van der Waals surface area contributed by atoms with Gasteiger partial charge in [0.1, 0.15) is 40.5 Å². The molecule has 1 fully saturated rings. The molecule has 1 aliphatic heterocycles. The van der Waals surface area contributed by atoms with Crippen LogP contribution in [0.1, 0.15) is 16.2 Å². The first-order chi connectivity index (χ1) is 24.3. The van der Waals surface area contributed by atoms with Gasteiger partial charge in [-0.2, -0.15) is 0 Å². The fourth-order valence-corrected chi connectivity index (χ4v) is 7.16. The van der Waals surface area contributed by atoms with Crippen LogP contribution in [0.4, 0.5) is 23.2 Å². The number of alkyl halides is 1. The third kappa shape index (κ3) is 5.34. The van der Waals surface area contributed by atoms with E-state index < -0.39 is 39.6 Å². The highest BCUT2D eigenvalue weighted by molar-refractivity contribution is 7.92. The van der Waals surface area contributed by atoms with Gasteiger partial charge >= 0.3 is 0 Å². The van der Waals surface area contributed by atoms with E-state index in [-0.39, 0.29) is 57.9 Å². The smallest absolute Gasteiger partial charge is 0.255 e. The number of sulfonamides is 1. The minimum absolute atomic E-state index is 0.0582. The van der Waals surface area contributed by atoms with Crippen molar-refractivity contribution in [2.24, 2.45) is 0 Å². The first-order valence-corrected chi connectivity index (χ1v) is 17.6. The van der Waals surface area contributed by atoms with Gasteiger partial charge in [-0.3, -0.25) is 18.4 Å². The number of benzene rings is 3. The molecule has 0 unspecified atom stereocenters. The molecule has 1 amide bonds. The summed E-state index contributed by atoms with van der Waals surface area (Å²) < 4.78 is 92.4. The number of nitrogens with one attached hydrogen (secondary N) is 1. The molecule has 0 spiro atoms. The Morgan fingerprint density at radius 1 is 0.961 bits per heavy atom. The number of anilines is 1. The van der Waals surface area contributed by atoms with Gasteiger partial charge in [0.25, 0.3) is 5.91 Å². The second-order valence-electron chi connectivity index (χ2n) is 12.5. The first-order valence-electron chi connectivity index (χ1n) is 15.8. The van der Waals surface area contributed by atoms with Crippen molar-refractivity contribution in [2.75, 3.05) is 37.7 Å². The highest BCUT2D eigenvalue weighted by atomic mass is 32.2. The number of pyridine rings is 1. The van der Waals surface area contributed by atoms with Crippen LogP contribution in [0.15, 0.2) is 71.1 Å². The van der Waals surface area contributed by atoms with Crippen molar-refractivity contribution in [2.45, 2.75) is 12.7 Å². The van der Waals surface area contributed by atoms with Crippen molar-refractivity contribution < 1.29 is 35.2 Å². The molecule has 0 saturated carbocycles. The van der Waals surface area contributed by atoms with Gasteiger partial charge in [0, 0.05) is 55.7 Å². The number of fused-ring (bicyclic) bond motifs is 6. The number of amides is 1. The Bertz CT molecular complexity index is 2710. The number of hydrogen-bond donors (Lipinski definition) is 1. The van der Waals surface area contributed by atoms with Crippen LogP contribution in [0.2, 0.25) is 0 Å². The van der Waals surface area contributed by atoms with Crippen LogP contribution in [0.3, 0.4) is 0 Å². The van der Waals surface area contributed by atoms with Crippen molar-refractivity contribution in [3.63, 3.8) is 0 Å². The maximum absolute atomic E-state index is 15.1. The Balaban J connectivity index is 1.40. The SMILES string of the molecule is CNC(=O)c1c(-c2ccc(F)cc2F)oc2cc(N(C)S(C)(=O)=O)c(-c3ccc4nc(CN5CC(F)C5)n5c6cccc(F)c6cc5c4n3)cc12. The maximum Gasteiger partial charge on any atom is 0.255 e. The molecule has 0 radical (unpaired) electrons. The summed E-state index contributed by atoms with van der Waals surface area (Å²) in [6.07, 6.45) is 0.0936. The zero-order valence-electron chi connectivity index (χ0n) is 27.3. The van der Waals surface area contributed by atoms with Gasteiger partial charge in [0.15, 0.2) is 5.76 Å². The number of likely N-dealkylation sites (tertiary alicyclic amines) is 1. The molecule has 8 rings (SSSR count). The molecule has 10 nitrogen and oxygen atoms in total. The highest BCUT2D eigenvalue weighted by Gasteiger charge is 2.30. The van der Waals surface area contributed by atoms with E-state index >= 15 is 8.78 Å². The van der Waals surface area contributed by atoms with Gasteiger partial charge in [0.2, 0.25) is 10.0 Å². The Hall–Kier alpha value is -5.54. The molecule has 7 aromatic rings. The third-order valence-corrected chi connectivity index (χ3v) is 10.4. The van der Waals surface area contributed by atoms with Crippen LogP contribution in [-0.2, 0) is 16.6 Å². The summed E-state index contributed by atoms with van der Waals surface area (Å²) >= 11 is 0. The number of carbonyl (C=O) groups is 1. The molecular weight excluding hydrogens is 688 g/mol. The molecule has 1 aliphatic rings. The molecule has 260 valence electrons. The van der Waals surface area contributed by atoms with Crippen LogP contribution >= 0.6 is 0 Å². The standard InChI is InChI=1S/C36H28F4N6O4S/c1-41-36(47)33-23-12-22(29(44(2)51(3,48)49)14-31(23)50-35(33)20-8-7-18(37)11-25(20)40)26-9-10-27-34(43-26)30-13-21-24(39)5-4-6-28(21)46(30)32(42-27)17-45-15-19(38)16-45/h4-14,19H,15-17H2,1-3H3,(H,41,47). The summed E-state index contributed by atoms with van der Waals surface area (Å²) in [4.78, 5) is 25.0. The Morgan fingerprint density at radius 3 is 2.45 bits per heavy atom. The molecule has 15 heteroatoms. The Labute approximate surface area is 288 Å². The van der Waals surface area contributed by atoms with E-state index in [4.69, 9.17) is 14.4 Å². The summed E-state index contributed by atoms with van der Waals surface area (Å²) in [5, 5.41) is 3.08. The Morgan fingerprint density at radius 2 is 1.75 bits per heavy atom. The summed E-state index contributed by atoms with van der Waals surface area (Å²) in [7, 11) is -1.14. The second kappa shape index (κ2) is 11.8. The topological polar surface area (TPSA) is 113 Å². The van der Waals surface area contributed by atoms with Crippen LogP contribution in [-0.4, -0.2) is 73.2 Å². The summed E-state index contributed by atoms with van der Waals surface area (Å²) in [5.41, 5.74) is 2.42. The first kappa shape index (κ1) is 32.7. The van der Waals surface area contributed by atoms with Crippen LogP contribution in [0.25, 0.3) is 61.0 Å². The van der Waals surface area contributed by atoms with E-state index in [1.165, 1.54) is 32.3 Å². The maximum atomic E-state index is 15.1. The van der Waals surface area contributed by atoms with Gasteiger partial charge < -0.3 is 9.73 Å². The van der Waals surface area contributed by atoms with E-state index in [1.807, 2.05) is 4.90 Å². The lowest BCUT2D eigenvalue weighted by molar-refractivity contribution is 0.0567. The van der Waals surface area contributed by atoms with Crippen LogP contribution in [0, 0.1) is 17.5 Å². The van der Waals surface area contributed by atoms with Gasteiger partial charge in [0.05, 0.1) is 51.9 Å². The molecule has 1 N–H and O–H groups in total. The van der Waals surface area contributed by atoms with Gasteiger partial charge in [-0.1, -0.05) is 6.07 Å². The molecule has 5 heterocycles. The van der Waals surface area contributed by atoms with E-state index in [9.17, 15) is 22.0 Å². The van der Waals surface area contributed by atoms with Crippen LogP contribution in [0.5, 0.6) is 0 Å². The minimum Gasteiger partial charge on any atom is -0.455 e. The number of rotatable bonds is 7. The fourth-order valence-electron chi connectivity index (χ4n) is 6.65. The molecule has 3 aromatic carbocycles. The molecule has 0 aliphatic carbocycles. The average molecular weight is 717 g/mol. The number of nitrogens with zero attached hydrogens (tertiary/aromatic N) is 5. The van der Waals surface area contributed by atoms with E-state index in [0.29, 0.717) is 45.9 Å². The molecular formula is C36H28F4N6O4S. The lowest BCUT2D eigenvalue weighted by Gasteiger charge is -2.34. The van der Waals surface area contributed by atoms with E-state index in [2.05, 4.69) is 5.32 Å². The summed E-state index contributed by atoms with van der Waals surface area (Å²) in [6, 6.07) is 15.5. The van der Waals surface area contributed by atoms with Crippen molar-refractivity contribution in [3.8, 4) is 22.6 Å². The largest absolute Gasteiger partial charge is 0.455 e. The summed E-state index contributed by atoms with van der Waals surface area (Å²) in [6.45, 7) is 0.827. The van der Waals surface area contributed by atoms with Crippen LogP contribution < -0.4 is 9.62 Å². The van der Waals surface area contributed by atoms with Crippen molar-refractivity contribution >= 4 is 60.0 Å². The van der Waals surface area contributed by atoms with Gasteiger partial charge in [-0.25, -0.2) is 35.9 Å².